The second-order valence-corrected chi connectivity index (χ2v) is 5.50. The van der Waals surface area contributed by atoms with Gasteiger partial charge in [0.15, 0.2) is 0 Å². The monoisotopic (exact) mass is 358 g/mol. The molecule has 1 heterocycles. The predicted molar refractivity (Wildman–Crippen MR) is 95.6 cm³/mol. The second-order valence-electron chi connectivity index (χ2n) is 5.50. The number of H-pyrrole nitrogens is 1. The van der Waals surface area contributed by atoms with E-state index in [0.29, 0.717) is 23.6 Å². The summed E-state index contributed by atoms with van der Waals surface area (Å²) in [6.45, 7) is 2.45. The minimum atomic E-state index is -0.544. The van der Waals surface area contributed by atoms with E-state index in [0.717, 1.165) is 12.8 Å². The maximum atomic E-state index is 12.0. The Bertz CT molecular complexity index is 726. The quantitative estimate of drug-likeness (QED) is 0.422. The first kappa shape index (κ1) is 19.0. The Labute approximate surface area is 151 Å². The molecule has 0 aliphatic rings. The highest BCUT2D eigenvalue weighted by Crippen LogP contribution is 2.12. The van der Waals surface area contributed by atoms with Gasteiger partial charge in [-0.1, -0.05) is 13.3 Å². The van der Waals surface area contributed by atoms with Crippen LogP contribution in [0, 0.1) is 0 Å². The van der Waals surface area contributed by atoms with Crippen molar-refractivity contribution in [1.29, 1.82) is 0 Å². The minimum Gasteiger partial charge on any atom is -0.494 e. The number of rotatable bonds is 8. The molecule has 0 aliphatic heterocycles. The molecule has 0 fully saturated rings. The molecule has 0 saturated carbocycles. The molecule has 26 heavy (non-hydrogen) atoms. The van der Waals surface area contributed by atoms with Gasteiger partial charge in [0.2, 0.25) is 0 Å². The highest BCUT2D eigenvalue weighted by Gasteiger charge is 2.10. The van der Waals surface area contributed by atoms with Gasteiger partial charge >= 0.3 is 0 Å². The molecule has 1 aromatic heterocycles. The number of benzene rings is 1. The maximum absolute atomic E-state index is 12.0. The average molecular weight is 358 g/mol. The average Bonchev–Trinajstić information content (AvgIpc) is 3.20. The fraction of sp³-hybridized carbons (Fsp3) is 0.278. The van der Waals surface area contributed by atoms with Crippen LogP contribution in [0.25, 0.3) is 0 Å². The molecule has 4 N–H and O–H groups in total. The molecule has 0 unspecified atom stereocenters. The third kappa shape index (κ3) is 5.97. The van der Waals surface area contributed by atoms with Crippen LogP contribution in [0.3, 0.4) is 0 Å². The van der Waals surface area contributed by atoms with Crippen molar-refractivity contribution in [2.24, 2.45) is 0 Å². The highest BCUT2D eigenvalue weighted by molar-refractivity contribution is 5.97. The lowest BCUT2D eigenvalue weighted by molar-refractivity contribution is -0.120. The van der Waals surface area contributed by atoms with Gasteiger partial charge in [-0.25, -0.2) is 0 Å². The molecule has 138 valence electrons. The van der Waals surface area contributed by atoms with Gasteiger partial charge < -0.3 is 15.0 Å². The van der Waals surface area contributed by atoms with E-state index in [1.807, 2.05) is 0 Å². The van der Waals surface area contributed by atoms with Gasteiger partial charge in [0.25, 0.3) is 17.7 Å². The molecule has 0 radical (unpaired) electrons. The molecule has 1 aromatic carbocycles. The second kappa shape index (κ2) is 9.87. The van der Waals surface area contributed by atoms with E-state index >= 15 is 0 Å². The summed E-state index contributed by atoms with van der Waals surface area (Å²) in [5.41, 5.74) is 5.19. The molecule has 8 nitrogen and oxygen atoms in total. The smallest absolute Gasteiger partial charge is 0.286 e. The Morgan fingerprint density at radius 2 is 1.81 bits per heavy atom. The summed E-state index contributed by atoms with van der Waals surface area (Å²) >= 11 is 0. The van der Waals surface area contributed by atoms with E-state index < -0.39 is 17.7 Å². The number of hydrogen-bond acceptors (Lipinski definition) is 4. The summed E-state index contributed by atoms with van der Waals surface area (Å²) in [4.78, 5) is 38.1. The fourth-order valence-corrected chi connectivity index (χ4v) is 2.01. The van der Waals surface area contributed by atoms with E-state index in [1.54, 1.807) is 42.6 Å². The lowest BCUT2D eigenvalue weighted by Crippen LogP contribution is -2.46. The topological polar surface area (TPSA) is 112 Å². The Morgan fingerprint density at radius 1 is 1.04 bits per heavy atom. The van der Waals surface area contributed by atoms with E-state index in [-0.39, 0.29) is 6.54 Å². The van der Waals surface area contributed by atoms with E-state index in [4.69, 9.17) is 4.74 Å². The van der Waals surface area contributed by atoms with Crippen LogP contribution in [0.4, 0.5) is 0 Å². The summed E-state index contributed by atoms with van der Waals surface area (Å²) in [5.74, 6) is -0.721. The fourth-order valence-electron chi connectivity index (χ4n) is 2.01. The Morgan fingerprint density at radius 3 is 2.46 bits per heavy atom. The Kier molecular flexibility index (Phi) is 7.23. The standard InChI is InChI=1S/C18H22N4O4/c1-2-3-11-26-14-8-6-13(7-9-14)17(24)20-12-16(23)21-22-18(25)15-5-4-10-19-15/h4-10,19H,2-3,11-12H2,1H3,(H,20,24)(H,21,23)(H,22,25). The third-order valence-corrected chi connectivity index (χ3v) is 3.45. The maximum Gasteiger partial charge on any atom is 0.286 e. The van der Waals surface area contributed by atoms with Gasteiger partial charge in [0.1, 0.15) is 11.4 Å². The van der Waals surface area contributed by atoms with Gasteiger partial charge in [0.05, 0.1) is 13.2 Å². The van der Waals surface area contributed by atoms with Crippen molar-refractivity contribution in [3.05, 3.63) is 53.9 Å². The molecule has 2 rings (SSSR count). The molecule has 8 heteroatoms. The van der Waals surface area contributed by atoms with Gasteiger partial charge in [0, 0.05) is 11.8 Å². The molecule has 3 amide bonds. The first-order valence-electron chi connectivity index (χ1n) is 8.33. The van der Waals surface area contributed by atoms with Crippen molar-refractivity contribution < 1.29 is 19.1 Å². The van der Waals surface area contributed by atoms with Crippen LogP contribution in [-0.4, -0.2) is 35.9 Å². The lowest BCUT2D eigenvalue weighted by atomic mass is 10.2. The molecular weight excluding hydrogens is 336 g/mol. The van der Waals surface area contributed by atoms with Crippen molar-refractivity contribution >= 4 is 17.7 Å². The van der Waals surface area contributed by atoms with Crippen molar-refractivity contribution in [2.75, 3.05) is 13.2 Å². The van der Waals surface area contributed by atoms with E-state index in [9.17, 15) is 14.4 Å². The van der Waals surface area contributed by atoms with Crippen LogP contribution in [-0.2, 0) is 4.79 Å². The van der Waals surface area contributed by atoms with Crippen LogP contribution in [0.2, 0.25) is 0 Å². The number of carbonyl (C=O) groups is 3. The number of unbranched alkanes of at least 4 members (excludes halogenated alkanes) is 1. The van der Waals surface area contributed by atoms with Crippen LogP contribution in [0.15, 0.2) is 42.6 Å². The lowest BCUT2D eigenvalue weighted by Gasteiger charge is -2.09. The number of aromatic amines is 1. The Balaban J connectivity index is 1.71. The highest BCUT2D eigenvalue weighted by atomic mass is 16.5. The zero-order valence-corrected chi connectivity index (χ0v) is 14.5. The van der Waals surface area contributed by atoms with Gasteiger partial charge in [-0.05, 0) is 42.8 Å². The molecule has 0 saturated heterocycles. The Hall–Kier alpha value is -3.29. The zero-order chi connectivity index (χ0) is 18.8. The van der Waals surface area contributed by atoms with Crippen LogP contribution >= 0.6 is 0 Å². The number of nitrogens with one attached hydrogen (secondary N) is 4. The summed E-state index contributed by atoms with van der Waals surface area (Å²) in [7, 11) is 0. The number of hydrogen-bond donors (Lipinski definition) is 4. The van der Waals surface area contributed by atoms with Crippen molar-refractivity contribution in [2.45, 2.75) is 19.8 Å². The van der Waals surface area contributed by atoms with Crippen molar-refractivity contribution in [3.63, 3.8) is 0 Å². The summed E-state index contributed by atoms with van der Waals surface area (Å²) in [6.07, 6.45) is 3.61. The number of ether oxygens (including phenoxy) is 1. The minimum absolute atomic E-state index is 0.265. The third-order valence-electron chi connectivity index (χ3n) is 3.45. The summed E-state index contributed by atoms with van der Waals surface area (Å²) < 4.78 is 5.53. The molecule has 0 aliphatic carbocycles. The summed E-state index contributed by atoms with van der Waals surface area (Å²) in [6, 6.07) is 9.90. The molecule has 0 atom stereocenters. The van der Waals surface area contributed by atoms with Crippen LogP contribution in [0.5, 0.6) is 5.75 Å². The van der Waals surface area contributed by atoms with Gasteiger partial charge in [-0.15, -0.1) is 0 Å². The number of aromatic nitrogens is 1. The van der Waals surface area contributed by atoms with E-state index in [1.165, 1.54) is 0 Å². The number of carbonyl (C=O) groups excluding carboxylic acids is 3. The summed E-state index contributed by atoms with van der Waals surface area (Å²) in [5, 5.41) is 2.48. The first-order chi connectivity index (χ1) is 12.6. The number of hydrazine groups is 1. The number of amides is 3. The largest absolute Gasteiger partial charge is 0.494 e. The first-order valence-corrected chi connectivity index (χ1v) is 8.33. The molecule has 2 aromatic rings. The SMILES string of the molecule is CCCCOc1ccc(C(=O)NCC(=O)NNC(=O)c2ccc[nH]2)cc1. The molecule has 0 spiro atoms. The zero-order valence-electron chi connectivity index (χ0n) is 14.5. The van der Waals surface area contributed by atoms with E-state index in [2.05, 4.69) is 28.1 Å². The van der Waals surface area contributed by atoms with Gasteiger partial charge in [-0.2, -0.15) is 0 Å². The molecular formula is C18H22N4O4. The van der Waals surface area contributed by atoms with Crippen molar-refractivity contribution in [1.82, 2.24) is 21.2 Å². The normalized spacial score (nSPS) is 10.0. The molecule has 0 bridgehead atoms. The van der Waals surface area contributed by atoms with Gasteiger partial charge in [-0.3, -0.25) is 25.2 Å². The van der Waals surface area contributed by atoms with Crippen LogP contribution < -0.4 is 20.9 Å². The predicted octanol–water partition coefficient (Wildman–Crippen LogP) is 1.38. The van der Waals surface area contributed by atoms with Crippen molar-refractivity contribution in [3.8, 4) is 5.75 Å². The van der Waals surface area contributed by atoms with Crippen LogP contribution in [0.1, 0.15) is 40.6 Å².